The van der Waals surface area contributed by atoms with Crippen molar-refractivity contribution in [3.05, 3.63) is 24.3 Å². The van der Waals surface area contributed by atoms with E-state index in [0.717, 1.165) is 11.5 Å². The number of nitriles is 1. The van der Waals surface area contributed by atoms with E-state index in [1.165, 1.54) is 0 Å². The van der Waals surface area contributed by atoms with Crippen molar-refractivity contribution in [2.24, 2.45) is 0 Å². The molecule has 0 spiro atoms. The molecule has 1 aromatic carbocycles. The fraction of sp³-hybridized carbons (Fsp3) is 0.417. The standard InChI is InChI=1S/C12H14N2O2.ClH/c13-6-3-7-14-8-10-9-15-11-4-1-2-5-12(11)16-10;/h1-2,4-5,10,14H,3,7-9H2;1H. The third kappa shape index (κ3) is 3.81. The highest BCUT2D eigenvalue weighted by Crippen LogP contribution is 2.30. The molecule has 0 bridgehead atoms. The van der Waals surface area contributed by atoms with E-state index in [1.807, 2.05) is 24.3 Å². The van der Waals surface area contributed by atoms with Gasteiger partial charge in [0.15, 0.2) is 11.5 Å². The fourth-order valence-corrected chi connectivity index (χ4v) is 1.57. The van der Waals surface area contributed by atoms with Crippen LogP contribution in [0.25, 0.3) is 0 Å². The Hall–Kier alpha value is -1.44. The summed E-state index contributed by atoms with van der Waals surface area (Å²) in [4.78, 5) is 0. The average Bonchev–Trinajstić information content (AvgIpc) is 2.34. The maximum Gasteiger partial charge on any atom is 0.161 e. The lowest BCUT2D eigenvalue weighted by Crippen LogP contribution is -2.38. The summed E-state index contributed by atoms with van der Waals surface area (Å²) in [6.07, 6.45) is 0.540. The molecule has 0 fully saturated rings. The van der Waals surface area contributed by atoms with Crippen molar-refractivity contribution < 1.29 is 9.47 Å². The Morgan fingerprint density at radius 3 is 2.88 bits per heavy atom. The van der Waals surface area contributed by atoms with Gasteiger partial charge in [-0.1, -0.05) is 12.1 Å². The Morgan fingerprint density at radius 2 is 2.12 bits per heavy atom. The lowest BCUT2D eigenvalue weighted by molar-refractivity contribution is 0.0907. The van der Waals surface area contributed by atoms with E-state index >= 15 is 0 Å². The SMILES string of the molecule is Cl.N#CCCNCC1COc2ccccc2O1. The van der Waals surface area contributed by atoms with Gasteiger partial charge < -0.3 is 14.8 Å². The summed E-state index contributed by atoms with van der Waals surface area (Å²) in [6, 6.07) is 9.73. The van der Waals surface area contributed by atoms with E-state index in [9.17, 15) is 0 Å². The van der Waals surface area contributed by atoms with E-state index in [1.54, 1.807) is 0 Å². The van der Waals surface area contributed by atoms with Gasteiger partial charge in [0.1, 0.15) is 12.7 Å². The molecular formula is C12H15ClN2O2. The summed E-state index contributed by atoms with van der Waals surface area (Å²) < 4.78 is 11.3. The number of halogens is 1. The molecule has 1 heterocycles. The maximum atomic E-state index is 8.39. The van der Waals surface area contributed by atoms with Crippen molar-refractivity contribution in [2.75, 3.05) is 19.7 Å². The van der Waals surface area contributed by atoms with E-state index in [4.69, 9.17) is 14.7 Å². The van der Waals surface area contributed by atoms with Crippen molar-refractivity contribution in [3.63, 3.8) is 0 Å². The molecule has 1 aliphatic heterocycles. The highest BCUT2D eigenvalue weighted by molar-refractivity contribution is 5.85. The van der Waals surface area contributed by atoms with E-state index < -0.39 is 0 Å². The zero-order valence-corrected chi connectivity index (χ0v) is 10.2. The number of rotatable bonds is 4. The monoisotopic (exact) mass is 254 g/mol. The zero-order valence-electron chi connectivity index (χ0n) is 9.39. The first-order valence-corrected chi connectivity index (χ1v) is 5.36. The first kappa shape index (κ1) is 13.6. The molecule has 0 saturated heterocycles. The molecule has 17 heavy (non-hydrogen) atoms. The summed E-state index contributed by atoms with van der Waals surface area (Å²) in [5.41, 5.74) is 0. The molecule has 1 unspecified atom stereocenters. The fourth-order valence-electron chi connectivity index (χ4n) is 1.57. The molecule has 1 aliphatic rings. The maximum absolute atomic E-state index is 8.39. The van der Waals surface area contributed by atoms with Crippen LogP contribution < -0.4 is 14.8 Å². The number of ether oxygens (including phenoxy) is 2. The molecule has 0 aliphatic carbocycles. The molecule has 4 nitrogen and oxygen atoms in total. The van der Waals surface area contributed by atoms with Gasteiger partial charge in [0.2, 0.25) is 0 Å². The quantitative estimate of drug-likeness (QED) is 0.832. The minimum Gasteiger partial charge on any atom is -0.486 e. The summed E-state index contributed by atoms with van der Waals surface area (Å²) in [5.74, 6) is 1.59. The van der Waals surface area contributed by atoms with Gasteiger partial charge in [-0.2, -0.15) is 5.26 Å². The second-order valence-corrected chi connectivity index (χ2v) is 3.61. The van der Waals surface area contributed by atoms with E-state index in [-0.39, 0.29) is 18.5 Å². The van der Waals surface area contributed by atoms with Gasteiger partial charge in [-0.05, 0) is 12.1 Å². The number of hydrogen-bond donors (Lipinski definition) is 1. The summed E-state index contributed by atoms with van der Waals surface area (Å²) in [6.45, 7) is 1.95. The highest BCUT2D eigenvalue weighted by Gasteiger charge is 2.19. The van der Waals surface area contributed by atoms with Crippen LogP contribution in [0.5, 0.6) is 11.5 Å². The molecule has 2 rings (SSSR count). The molecule has 5 heteroatoms. The van der Waals surface area contributed by atoms with E-state index in [2.05, 4.69) is 11.4 Å². The van der Waals surface area contributed by atoms with Gasteiger partial charge in [-0.15, -0.1) is 12.4 Å². The Balaban J connectivity index is 0.00000144. The molecule has 0 aromatic heterocycles. The predicted octanol–water partition coefficient (Wildman–Crippen LogP) is 1.75. The van der Waals surface area contributed by atoms with Crippen molar-refractivity contribution in [1.29, 1.82) is 5.26 Å². The van der Waals surface area contributed by atoms with Crippen LogP contribution in [0.15, 0.2) is 24.3 Å². The largest absolute Gasteiger partial charge is 0.486 e. The van der Waals surface area contributed by atoms with Crippen LogP contribution in [0.2, 0.25) is 0 Å². The average molecular weight is 255 g/mol. The summed E-state index contributed by atoms with van der Waals surface area (Å²) in [5, 5.41) is 11.5. The van der Waals surface area contributed by atoms with Crippen LogP contribution >= 0.6 is 12.4 Å². The highest BCUT2D eigenvalue weighted by atomic mass is 35.5. The number of nitrogens with one attached hydrogen (secondary N) is 1. The van der Waals surface area contributed by atoms with Crippen LogP contribution in [0, 0.1) is 11.3 Å². The molecule has 92 valence electrons. The van der Waals surface area contributed by atoms with Gasteiger partial charge in [-0.25, -0.2) is 0 Å². The lowest BCUT2D eigenvalue weighted by Gasteiger charge is -2.26. The molecule has 0 saturated carbocycles. The summed E-state index contributed by atoms with van der Waals surface area (Å²) in [7, 11) is 0. The number of para-hydroxylation sites is 2. The number of hydrogen-bond acceptors (Lipinski definition) is 4. The number of fused-ring (bicyclic) bond motifs is 1. The molecular weight excluding hydrogens is 240 g/mol. The second-order valence-electron chi connectivity index (χ2n) is 3.61. The number of benzene rings is 1. The Kier molecular flexibility index (Phi) is 5.61. The molecule has 0 amide bonds. The van der Waals surface area contributed by atoms with Crippen LogP contribution in [-0.2, 0) is 0 Å². The van der Waals surface area contributed by atoms with Crippen molar-refractivity contribution in [1.82, 2.24) is 5.32 Å². The van der Waals surface area contributed by atoms with Crippen LogP contribution in [0.1, 0.15) is 6.42 Å². The second kappa shape index (κ2) is 7.00. The topological polar surface area (TPSA) is 54.3 Å². The number of nitrogens with zero attached hydrogens (tertiary/aromatic N) is 1. The zero-order chi connectivity index (χ0) is 11.2. The molecule has 1 aromatic rings. The molecule has 0 radical (unpaired) electrons. The van der Waals surface area contributed by atoms with Crippen molar-refractivity contribution >= 4 is 12.4 Å². The smallest absolute Gasteiger partial charge is 0.161 e. The third-order valence-corrected chi connectivity index (χ3v) is 2.35. The first-order chi connectivity index (χ1) is 7.90. The first-order valence-electron chi connectivity index (χ1n) is 5.36. The van der Waals surface area contributed by atoms with Crippen LogP contribution in [-0.4, -0.2) is 25.8 Å². The predicted molar refractivity (Wildman–Crippen MR) is 66.7 cm³/mol. The van der Waals surface area contributed by atoms with Gasteiger partial charge >= 0.3 is 0 Å². The molecule has 1 N–H and O–H groups in total. The van der Waals surface area contributed by atoms with Crippen LogP contribution in [0.4, 0.5) is 0 Å². The Morgan fingerprint density at radius 1 is 1.35 bits per heavy atom. The van der Waals surface area contributed by atoms with Crippen molar-refractivity contribution in [3.8, 4) is 17.6 Å². The molecule has 1 atom stereocenters. The van der Waals surface area contributed by atoms with Gasteiger partial charge in [0, 0.05) is 19.5 Å². The normalized spacial score (nSPS) is 16.8. The van der Waals surface area contributed by atoms with Gasteiger partial charge in [0.25, 0.3) is 0 Å². The lowest BCUT2D eigenvalue weighted by atomic mass is 10.2. The third-order valence-electron chi connectivity index (χ3n) is 2.35. The van der Waals surface area contributed by atoms with Gasteiger partial charge in [0.05, 0.1) is 6.07 Å². The van der Waals surface area contributed by atoms with E-state index in [0.29, 0.717) is 26.1 Å². The minimum atomic E-state index is 0. The Labute approximate surface area is 107 Å². The van der Waals surface area contributed by atoms with Crippen molar-refractivity contribution in [2.45, 2.75) is 12.5 Å². The van der Waals surface area contributed by atoms with Crippen LogP contribution in [0.3, 0.4) is 0 Å². The van der Waals surface area contributed by atoms with Gasteiger partial charge in [-0.3, -0.25) is 0 Å². The minimum absolute atomic E-state index is 0. The Bertz CT molecular complexity index is 392. The summed E-state index contributed by atoms with van der Waals surface area (Å²) >= 11 is 0.